The Hall–Kier alpha value is -4.03. The number of carbonyl (C=O) groups excluding carboxylic acids is 1. The number of fused-ring (bicyclic) bond motifs is 1. The summed E-state index contributed by atoms with van der Waals surface area (Å²) in [6.07, 6.45) is -4.84. The van der Waals surface area contributed by atoms with E-state index in [2.05, 4.69) is 25.6 Å². The van der Waals surface area contributed by atoms with Gasteiger partial charge in [0.1, 0.15) is 16.9 Å². The first kappa shape index (κ1) is 29.9. The van der Waals surface area contributed by atoms with E-state index in [1.54, 1.807) is 50.1 Å². The summed E-state index contributed by atoms with van der Waals surface area (Å²) in [5.74, 6) is 0.957. The fraction of sp³-hybridized carbons (Fsp3) is 0.500. The number of ether oxygens (including phenoxy) is 2. The first-order chi connectivity index (χ1) is 19.2. The maximum Gasteiger partial charge on any atom is 0.416 e. The normalized spacial score (nSPS) is 15.1. The number of hydrogen-bond donors (Lipinski definition) is 1. The van der Waals surface area contributed by atoms with Gasteiger partial charge in [-0.2, -0.15) is 13.2 Å². The summed E-state index contributed by atoms with van der Waals surface area (Å²) < 4.78 is 52.0. The van der Waals surface area contributed by atoms with Crippen LogP contribution in [0.15, 0.2) is 30.3 Å². The molecule has 13 heteroatoms. The summed E-state index contributed by atoms with van der Waals surface area (Å²) in [7, 11) is 4.95. The van der Waals surface area contributed by atoms with Gasteiger partial charge in [-0.15, -0.1) is 10.2 Å². The van der Waals surface area contributed by atoms with Crippen LogP contribution in [0.25, 0.3) is 10.9 Å². The quantitative estimate of drug-likeness (QED) is 0.417. The van der Waals surface area contributed by atoms with Gasteiger partial charge in [-0.25, -0.2) is 4.79 Å². The van der Waals surface area contributed by atoms with Crippen LogP contribution in [0, 0.1) is 0 Å². The van der Waals surface area contributed by atoms with Crippen molar-refractivity contribution < 1.29 is 27.4 Å². The number of rotatable bonds is 6. The van der Waals surface area contributed by atoms with Crippen molar-refractivity contribution in [3.63, 3.8) is 0 Å². The van der Waals surface area contributed by atoms with Crippen molar-refractivity contribution in [1.82, 2.24) is 20.3 Å². The summed E-state index contributed by atoms with van der Waals surface area (Å²) in [4.78, 5) is 17.9. The molecule has 0 aliphatic carbocycles. The molecule has 1 atom stereocenters. The molecule has 0 bridgehead atoms. The number of hydrogen-bond acceptors (Lipinski definition) is 9. The predicted molar refractivity (Wildman–Crippen MR) is 152 cm³/mol. The summed E-state index contributed by atoms with van der Waals surface area (Å²) in [6, 6.07) is 7.08. The molecule has 1 aromatic heterocycles. The van der Waals surface area contributed by atoms with E-state index in [-0.39, 0.29) is 6.09 Å². The van der Waals surface area contributed by atoms with Crippen molar-refractivity contribution in [1.29, 1.82) is 0 Å². The maximum atomic E-state index is 13.6. The van der Waals surface area contributed by atoms with Crippen LogP contribution in [0.4, 0.5) is 35.2 Å². The number of halogens is 3. The lowest BCUT2D eigenvalue weighted by molar-refractivity contribution is -0.137. The summed E-state index contributed by atoms with van der Waals surface area (Å²) in [5.41, 5.74) is 0.875. The number of aromatic nitrogens is 3. The Labute approximate surface area is 237 Å². The van der Waals surface area contributed by atoms with Crippen LogP contribution in [0.3, 0.4) is 0 Å². The Bertz CT molecular complexity index is 1400. The molecule has 1 amide bonds. The highest BCUT2D eigenvalue weighted by Crippen LogP contribution is 2.37. The Kier molecular flexibility index (Phi) is 8.36. The lowest BCUT2D eigenvalue weighted by Crippen LogP contribution is -2.50. The zero-order valence-corrected chi connectivity index (χ0v) is 24.3. The van der Waals surface area contributed by atoms with E-state index in [0.29, 0.717) is 59.9 Å². The second kappa shape index (κ2) is 11.5. The molecule has 0 unspecified atom stereocenters. The highest BCUT2D eigenvalue weighted by molar-refractivity contribution is 5.93. The molecule has 4 rings (SSSR count). The van der Waals surface area contributed by atoms with E-state index in [4.69, 9.17) is 9.47 Å². The molecule has 1 fully saturated rings. The predicted octanol–water partition coefficient (Wildman–Crippen LogP) is 5.35. The Balaban J connectivity index is 1.62. The lowest BCUT2D eigenvalue weighted by Gasteiger charge is -2.37. The highest BCUT2D eigenvalue weighted by atomic mass is 19.4. The molecule has 3 aromatic rings. The maximum absolute atomic E-state index is 13.6. The highest BCUT2D eigenvalue weighted by Gasteiger charge is 2.32. The van der Waals surface area contributed by atoms with Crippen molar-refractivity contribution in [3.8, 4) is 5.75 Å². The third-order valence-electron chi connectivity index (χ3n) is 6.76. The lowest BCUT2D eigenvalue weighted by atomic mass is 10.0. The van der Waals surface area contributed by atoms with E-state index in [9.17, 15) is 18.0 Å². The standard InChI is InChI=1S/C28H36F3N7O3/c1-17(18-12-19(28(29,30)31)14-20(13-18)36(5)6)32-25-21-15-23(24(40-7)16-22(21)33-35-34-25)37-8-10-38(11-9-37)26(39)41-27(2,3)4/h12-17H,8-11H2,1-7H3,(H,32,33,34)/t17-/m1/s1. The minimum Gasteiger partial charge on any atom is -0.495 e. The van der Waals surface area contributed by atoms with Gasteiger partial charge in [0.05, 0.1) is 24.4 Å². The fourth-order valence-corrected chi connectivity index (χ4v) is 4.57. The van der Waals surface area contributed by atoms with Gasteiger partial charge in [-0.3, -0.25) is 0 Å². The molecule has 222 valence electrons. The van der Waals surface area contributed by atoms with Gasteiger partial charge < -0.3 is 29.5 Å². The Morgan fingerprint density at radius 3 is 2.29 bits per heavy atom. The minimum atomic E-state index is -4.48. The van der Waals surface area contributed by atoms with Gasteiger partial charge in [-0.05, 0) is 62.7 Å². The number of piperazine rings is 1. The van der Waals surface area contributed by atoms with Crippen molar-refractivity contribution in [2.24, 2.45) is 0 Å². The third-order valence-corrected chi connectivity index (χ3v) is 6.76. The van der Waals surface area contributed by atoms with Crippen LogP contribution in [0.2, 0.25) is 0 Å². The zero-order valence-electron chi connectivity index (χ0n) is 24.3. The number of alkyl halides is 3. The SMILES string of the molecule is COc1cc2nnnc(N[C@H](C)c3cc(N(C)C)cc(C(F)(F)F)c3)c2cc1N1CCN(C(=O)OC(C)(C)C)CC1. The van der Waals surface area contributed by atoms with Crippen molar-refractivity contribution >= 4 is 34.2 Å². The minimum absolute atomic E-state index is 0.352. The van der Waals surface area contributed by atoms with Crippen molar-refractivity contribution in [2.75, 3.05) is 62.5 Å². The molecule has 1 N–H and O–H groups in total. The van der Waals surface area contributed by atoms with Crippen LogP contribution < -0.4 is 19.9 Å². The molecule has 0 saturated carbocycles. The molecule has 0 radical (unpaired) electrons. The topological polar surface area (TPSA) is 96.0 Å². The van der Waals surface area contributed by atoms with E-state index in [1.807, 2.05) is 26.8 Å². The van der Waals surface area contributed by atoms with Gasteiger partial charge in [0.15, 0.2) is 5.82 Å². The number of amides is 1. The van der Waals surface area contributed by atoms with E-state index >= 15 is 0 Å². The largest absolute Gasteiger partial charge is 0.495 e. The average Bonchev–Trinajstić information content (AvgIpc) is 2.90. The van der Waals surface area contributed by atoms with Crippen molar-refractivity contribution in [3.05, 3.63) is 41.5 Å². The molecule has 10 nitrogen and oxygen atoms in total. The van der Waals surface area contributed by atoms with Crippen LogP contribution in [0.5, 0.6) is 5.75 Å². The van der Waals surface area contributed by atoms with Crippen LogP contribution in [0.1, 0.15) is 44.9 Å². The van der Waals surface area contributed by atoms with E-state index in [0.717, 1.165) is 17.8 Å². The average molecular weight is 576 g/mol. The van der Waals surface area contributed by atoms with Gasteiger partial charge in [0, 0.05) is 57.4 Å². The van der Waals surface area contributed by atoms with Crippen LogP contribution in [-0.2, 0) is 10.9 Å². The summed E-state index contributed by atoms with van der Waals surface area (Å²) >= 11 is 0. The first-order valence-corrected chi connectivity index (χ1v) is 13.3. The Morgan fingerprint density at radius 1 is 1.02 bits per heavy atom. The second-order valence-corrected chi connectivity index (χ2v) is 11.2. The van der Waals surface area contributed by atoms with Crippen molar-refractivity contribution in [2.45, 2.75) is 45.5 Å². The Morgan fingerprint density at radius 2 is 1.71 bits per heavy atom. The molecule has 0 spiro atoms. The molecule has 2 aromatic carbocycles. The van der Waals surface area contributed by atoms with Gasteiger partial charge in [0.2, 0.25) is 0 Å². The molecule has 1 aliphatic heterocycles. The number of nitrogens with zero attached hydrogens (tertiary/aromatic N) is 6. The number of carbonyl (C=O) groups is 1. The van der Waals surface area contributed by atoms with Gasteiger partial charge >= 0.3 is 12.3 Å². The monoisotopic (exact) mass is 575 g/mol. The van der Waals surface area contributed by atoms with Gasteiger partial charge in [-0.1, -0.05) is 0 Å². The second-order valence-electron chi connectivity index (χ2n) is 11.2. The van der Waals surface area contributed by atoms with E-state index in [1.165, 1.54) is 0 Å². The van der Waals surface area contributed by atoms with Gasteiger partial charge in [0.25, 0.3) is 0 Å². The molecule has 2 heterocycles. The number of benzene rings is 2. The number of methoxy groups -OCH3 is 1. The van der Waals surface area contributed by atoms with Crippen LogP contribution >= 0.6 is 0 Å². The summed E-state index contributed by atoms with van der Waals surface area (Å²) in [6.45, 7) is 9.29. The van der Waals surface area contributed by atoms with Crippen LogP contribution in [-0.4, -0.2) is 79.4 Å². The molecule has 1 saturated heterocycles. The first-order valence-electron chi connectivity index (χ1n) is 13.3. The van der Waals surface area contributed by atoms with E-state index < -0.39 is 23.4 Å². The molecule has 1 aliphatic rings. The fourth-order valence-electron chi connectivity index (χ4n) is 4.57. The number of anilines is 3. The molecule has 41 heavy (non-hydrogen) atoms. The number of nitrogens with one attached hydrogen (secondary N) is 1. The smallest absolute Gasteiger partial charge is 0.416 e. The molecular weight excluding hydrogens is 539 g/mol. The summed E-state index contributed by atoms with van der Waals surface area (Å²) in [5, 5.41) is 16.0. The zero-order chi connectivity index (χ0) is 30.1. The third kappa shape index (κ3) is 7.01. The molecular formula is C28H36F3N7O3.